The Kier molecular flexibility index (Phi) is 5.53. The monoisotopic (exact) mass is 506 g/mol. The van der Waals surface area contributed by atoms with Crippen LogP contribution in [0.15, 0.2) is 89.7 Å². The van der Waals surface area contributed by atoms with Gasteiger partial charge < -0.3 is 14.8 Å². The number of hydrogen-bond donors (Lipinski definition) is 1. The van der Waals surface area contributed by atoms with Crippen molar-refractivity contribution in [2.24, 2.45) is 0 Å². The molecule has 4 aromatic rings. The highest BCUT2D eigenvalue weighted by atomic mass is 79.9. The average Bonchev–Trinajstić information content (AvgIpc) is 3.41. The van der Waals surface area contributed by atoms with Crippen molar-refractivity contribution in [3.63, 3.8) is 0 Å². The van der Waals surface area contributed by atoms with Crippen molar-refractivity contribution in [2.45, 2.75) is 19.0 Å². The third kappa shape index (κ3) is 3.72. The minimum atomic E-state index is -0.260. The van der Waals surface area contributed by atoms with E-state index < -0.39 is 0 Å². The van der Waals surface area contributed by atoms with Crippen LogP contribution < -0.4 is 10.2 Å². The van der Waals surface area contributed by atoms with E-state index in [9.17, 15) is 4.39 Å². The molecule has 1 N–H and O–H groups in total. The number of anilines is 1. The van der Waals surface area contributed by atoms with Gasteiger partial charge in [-0.05, 0) is 91.4 Å². The van der Waals surface area contributed by atoms with Gasteiger partial charge in [0, 0.05) is 33.9 Å². The van der Waals surface area contributed by atoms with Gasteiger partial charge in [-0.1, -0.05) is 22.0 Å². The van der Waals surface area contributed by atoms with Gasteiger partial charge in [0.1, 0.15) is 11.9 Å². The van der Waals surface area contributed by atoms with Crippen LogP contribution in [0.5, 0.6) is 0 Å². The van der Waals surface area contributed by atoms with E-state index in [1.54, 1.807) is 18.3 Å². The number of thiocarbonyl (C=S) groups is 1. The molecule has 2 aromatic carbocycles. The number of pyridine rings is 1. The summed E-state index contributed by atoms with van der Waals surface area (Å²) < 4.78 is 16.7. The first-order valence-electron chi connectivity index (χ1n) is 10.2. The van der Waals surface area contributed by atoms with Gasteiger partial charge in [-0.2, -0.15) is 0 Å². The summed E-state index contributed by atoms with van der Waals surface area (Å²) in [6.45, 7) is 2.06. The molecule has 1 fully saturated rings. The number of aromatic nitrogens is 2. The lowest BCUT2D eigenvalue weighted by molar-refractivity contribution is 0.549. The average molecular weight is 507 g/mol. The number of hydrogen-bond acceptors (Lipinski definition) is 2. The summed E-state index contributed by atoms with van der Waals surface area (Å²) in [6, 6.07) is 22.4. The minimum absolute atomic E-state index is 0.151. The summed E-state index contributed by atoms with van der Waals surface area (Å²) in [4.78, 5) is 6.76. The van der Waals surface area contributed by atoms with Gasteiger partial charge in [-0.25, -0.2) is 4.39 Å². The van der Waals surface area contributed by atoms with Crippen LogP contribution in [0.25, 0.3) is 5.69 Å². The molecule has 1 saturated heterocycles. The molecule has 7 heteroatoms. The van der Waals surface area contributed by atoms with E-state index in [0.717, 1.165) is 32.8 Å². The van der Waals surface area contributed by atoms with Crippen LogP contribution in [-0.4, -0.2) is 14.7 Å². The normalized spacial score (nSPS) is 18.1. The third-order valence-corrected chi connectivity index (χ3v) is 6.91. The largest absolute Gasteiger partial charge is 0.351 e. The van der Waals surface area contributed by atoms with Gasteiger partial charge >= 0.3 is 0 Å². The first-order chi connectivity index (χ1) is 15.5. The maximum Gasteiger partial charge on any atom is 0.174 e. The van der Waals surface area contributed by atoms with Gasteiger partial charge in [-0.15, -0.1) is 0 Å². The molecule has 2 aromatic heterocycles. The fourth-order valence-corrected chi connectivity index (χ4v) is 4.78. The molecule has 2 atom stereocenters. The molecule has 3 heterocycles. The first kappa shape index (κ1) is 20.8. The molecule has 5 rings (SSSR count). The SMILES string of the molecule is Cc1cc(N2C(=S)N[C@@H](c3ccccn3)[C@@H]2c2cccn2-c2ccc(F)cc2)ccc1Br. The number of benzene rings is 2. The lowest BCUT2D eigenvalue weighted by Crippen LogP contribution is -2.30. The smallest absolute Gasteiger partial charge is 0.174 e. The summed E-state index contributed by atoms with van der Waals surface area (Å²) in [6.07, 6.45) is 3.78. The molecule has 32 heavy (non-hydrogen) atoms. The summed E-state index contributed by atoms with van der Waals surface area (Å²) in [5.41, 5.74) is 4.94. The van der Waals surface area contributed by atoms with Gasteiger partial charge in [-0.3, -0.25) is 4.98 Å². The predicted molar refractivity (Wildman–Crippen MR) is 133 cm³/mol. The number of rotatable bonds is 4. The predicted octanol–water partition coefficient (Wildman–Crippen LogP) is 6.26. The molecule has 0 saturated carbocycles. The summed E-state index contributed by atoms with van der Waals surface area (Å²) in [7, 11) is 0. The third-order valence-electron chi connectivity index (χ3n) is 5.71. The highest BCUT2D eigenvalue weighted by molar-refractivity contribution is 9.10. The zero-order valence-electron chi connectivity index (χ0n) is 17.2. The Morgan fingerprint density at radius 1 is 1.00 bits per heavy atom. The maximum absolute atomic E-state index is 13.6. The van der Waals surface area contributed by atoms with Crippen LogP contribution in [-0.2, 0) is 0 Å². The lowest BCUT2D eigenvalue weighted by Gasteiger charge is -2.29. The van der Waals surface area contributed by atoms with Crippen LogP contribution >= 0.6 is 28.1 Å². The zero-order chi connectivity index (χ0) is 22.2. The van der Waals surface area contributed by atoms with Crippen LogP contribution in [0.4, 0.5) is 10.1 Å². The van der Waals surface area contributed by atoms with Gasteiger partial charge in [0.25, 0.3) is 0 Å². The Labute approximate surface area is 199 Å². The second kappa shape index (κ2) is 8.48. The second-order valence-corrected chi connectivity index (χ2v) is 8.95. The van der Waals surface area contributed by atoms with Crippen molar-refractivity contribution < 1.29 is 4.39 Å². The van der Waals surface area contributed by atoms with Gasteiger partial charge in [0.2, 0.25) is 0 Å². The Morgan fingerprint density at radius 3 is 2.50 bits per heavy atom. The van der Waals surface area contributed by atoms with Gasteiger partial charge in [0.05, 0.1) is 11.7 Å². The molecule has 0 aliphatic carbocycles. The van der Waals surface area contributed by atoms with E-state index in [4.69, 9.17) is 12.2 Å². The molecular weight excluding hydrogens is 487 g/mol. The molecule has 4 nitrogen and oxygen atoms in total. The van der Waals surface area contributed by atoms with Crippen molar-refractivity contribution in [1.29, 1.82) is 0 Å². The molecule has 0 spiro atoms. The quantitative estimate of drug-likeness (QED) is 0.331. The number of nitrogens with one attached hydrogen (secondary N) is 1. The highest BCUT2D eigenvalue weighted by Gasteiger charge is 2.42. The van der Waals surface area contributed by atoms with Crippen molar-refractivity contribution in [3.05, 3.63) is 112 Å². The molecule has 160 valence electrons. The van der Waals surface area contributed by atoms with E-state index in [-0.39, 0.29) is 17.9 Å². The molecular formula is C25H20BrFN4S. The standard InChI is InChI=1S/C25H20BrFN4S/c1-16-15-19(11-12-20(16)26)31-24(23(29-25(31)32)21-5-2-3-13-28-21)22-6-4-14-30(22)18-9-7-17(27)8-10-18/h2-15,23-24H,1H3,(H,29,32)/t23-,24-/m0/s1. The van der Waals surface area contributed by atoms with Crippen LogP contribution in [0.2, 0.25) is 0 Å². The molecule has 1 aliphatic heterocycles. The number of halogens is 2. The lowest BCUT2D eigenvalue weighted by atomic mass is 10.0. The maximum atomic E-state index is 13.6. The van der Waals surface area contributed by atoms with E-state index in [1.807, 2.05) is 36.5 Å². The van der Waals surface area contributed by atoms with Crippen molar-refractivity contribution in [2.75, 3.05) is 4.90 Å². The summed E-state index contributed by atoms with van der Waals surface area (Å²) in [5, 5.41) is 4.13. The second-order valence-electron chi connectivity index (χ2n) is 7.71. The zero-order valence-corrected chi connectivity index (χ0v) is 19.6. The Hall–Kier alpha value is -3.03. The Morgan fingerprint density at radius 2 is 1.78 bits per heavy atom. The van der Waals surface area contributed by atoms with E-state index in [2.05, 4.69) is 60.8 Å². The minimum Gasteiger partial charge on any atom is -0.351 e. The van der Waals surface area contributed by atoms with Gasteiger partial charge in [0.15, 0.2) is 5.11 Å². The molecule has 0 unspecified atom stereocenters. The van der Waals surface area contributed by atoms with Crippen molar-refractivity contribution in [1.82, 2.24) is 14.9 Å². The fraction of sp³-hybridized carbons (Fsp3) is 0.120. The summed E-state index contributed by atoms with van der Waals surface area (Å²) in [5.74, 6) is -0.260. The first-order valence-corrected chi connectivity index (χ1v) is 11.4. The molecule has 1 aliphatic rings. The van der Waals surface area contributed by atoms with Crippen molar-refractivity contribution >= 4 is 38.9 Å². The van der Waals surface area contributed by atoms with Crippen LogP contribution in [0, 0.1) is 12.7 Å². The van der Waals surface area contributed by atoms with Crippen LogP contribution in [0.1, 0.15) is 29.0 Å². The van der Waals surface area contributed by atoms with E-state index in [0.29, 0.717) is 5.11 Å². The van der Waals surface area contributed by atoms with Crippen molar-refractivity contribution in [3.8, 4) is 5.69 Å². The summed E-state index contributed by atoms with van der Waals surface area (Å²) >= 11 is 9.41. The number of nitrogens with zero attached hydrogens (tertiary/aromatic N) is 3. The van der Waals surface area contributed by atoms with E-state index >= 15 is 0 Å². The topological polar surface area (TPSA) is 33.1 Å². The number of aryl methyl sites for hydroxylation is 1. The highest BCUT2D eigenvalue weighted by Crippen LogP contribution is 2.42. The van der Waals surface area contributed by atoms with Crippen LogP contribution in [0.3, 0.4) is 0 Å². The molecule has 0 bridgehead atoms. The molecule has 0 radical (unpaired) electrons. The Bertz CT molecular complexity index is 1270. The molecule has 0 amide bonds. The Balaban J connectivity index is 1.67. The fourth-order valence-electron chi connectivity index (χ4n) is 4.18. The van der Waals surface area contributed by atoms with E-state index in [1.165, 1.54) is 12.1 Å².